The van der Waals surface area contributed by atoms with E-state index in [0.29, 0.717) is 5.02 Å². The first-order valence-corrected chi connectivity index (χ1v) is 5.05. The first-order chi connectivity index (χ1) is 6.93. The first kappa shape index (κ1) is 12.3. The van der Waals surface area contributed by atoms with Crippen LogP contribution in [0, 0.1) is 5.82 Å². The predicted octanol–water partition coefficient (Wildman–Crippen LogP) is 2.85. The highest BCUT2D eigenvalue weighted by molar-refractivity contribution is 6.32. The number of rotatable bonds is 2. The molecule has 0 aromatic heterocycles. The minimum absolute atomic E-state index is 0.0999. The molecule has 0 aliphatic heterocycles. The summed E-state index contributed by atoms with van der Waals surface area (Å²) in [7, 11) is 3.11. The molecule has 2 nitrogen and oxygen atoms in total. The van der Waals surface area contributed by atoms with Gasteiger partial charge in [-0.25, -0.2) is 4.39 Å². The number of amides is 1. The predicted molar refractivity (Wildman–Crippen MR) is 58.7 cm³/mol. The zero-order chi connectivity index (χ0) is 11.6. The molecule has 15 heavy (non-hydrogen) atoms. The van der Waals surface area contributed by atoms with E-state index >= 15 is 0 Å². The summed E-state index contributed by atoms with van der Waals surface area (Å²) in [5.74, 6) is -0.910. The normalized spacial score (nSPS) is 12.3. The van der Waals surface area contributed by atoms with Gasteiger partial charge in [-0.05, 0) is 18.2 Å². The van der Waals surface area contributed by atoms with E-state index in [1.54, 1.807) is 14.1 Å². The highest BCUT2D eigenvalue weighted by Crippen LogP contribution is 2.27. The standard InChI is InChI=1S/C10H10Cl2FNO/c1-14(2)10(15)9(12)7-5-6(11)3-4-8(7)13/h3-5,9H,1-2H3. The van der Waals surface area contributed by atoms with Gasteiger partial charge in [0, 0.05) is 24.7 Å². The number of nitrogens with zero attached hydrogens (tertiary/aromatic N) is 1. The van der Waals surface area contributed by atoms with Gasteiger partial charge in [0.2, 0.25) is 5.91 Å². The van der Waals surface area contributed by atoms with Gasteiger partial charge in [0.1, 0.15) is 11.2 Å². The highest BCUT2D eigenvalue weighted by Gasteiger charge is 2.22. The topological polar surface area (TPSA) is 20.3 Å². The van der Waals surface area contributed by atoms with E-state index in [1.807, 2.05) is 0 Å². The van der Waals surface area contributed by atoms with E-state index in [4.69, 9.17) is 23.2 Å². The van der Waals surface area contributed by atoms with Gasteiger partial charge in [0.05, 0.1) is 0 Å². The number of hydrogen-bond acceptors (Lipinski definition) is 1. The van der Waals surface area contributed by atoms with Gasteiger partial charge >= 0.3 is 0 Å². The number of benzene rings is 1. The molecule has 0 spiro atoms. The fourth-order valence-electron chi connectivity index (χ4n) is 1.07. The van der Waals surface area contributed by atoms with Crippen molar-refractivity contribution in [1.82, 2.24) is 4.90 Å². The van der Waals surface area contributed by atoms with Crippen molar-refractivity contribution < 1.29 is 9.18 Å². The Morgan fingerprint density at radius 3 is 2.60 bits per heavy atom. The summed E-state index contributed by atoms with van der Waals surface area (Å²) in [5.41, 5.74) is 0.0999. The molecule has 1 aromatic carbocycles. The SMILES string of the molecule is CN(C)C(=O)C(Cl)c1cc(Cl)ccc1F. The lowest BCUT2D eigenvalue weighted by molar-refractivity contribution is -0.128. The van der Waals surface area contributed by atoms with Crippen LogP contribution in [0.3, 0.4) is 0 Å². The van der Waals surface area contributed by atoms with Gasteiger partial charge in [-0.1, -0.05) is 11.6 Å². The van der Waals surface area contributed by atoms with Crippen molar-refractivity contribution in [3.63, 3.8) is 0 Å². The Kier molecular flexibility index (Phi) is 3.94. The lowest BCUT2D eigenvalue weighted by Crippen LogP contribution is -2.26. The molecule has 0 aliphatic carbocycles. The number of hydrogen-bond donors (Lipinski definition) is 0. The van der Waals surface area contributed by atoms with Gasteiger partial charge in [0.25, 0.3) is 0 Å². The van der Waals surface area contributed by atoms with Gasteiger partial charge in [-0.3, -0.25) is 4.79 Å². The van der Waals surface area contributed by atoms with E-state index in [-0.39, 0.29) is 11.5 Å². The van der Waals surface area contributed by atoms with Crippen LogP contribution in [0.2, 0.25) is 5.02 Å². The fourth-order valence-corrected chi connectivity index (χ4v) is 1.61. The summed E-state index contributed by atoms with van der Waals surface area (Å²) < 4.78 is 13.3. The average Bonchev–Trinajstić information content (AvgIpc) is 2.19. The molecule has 0 saturated carbocycles. The molecule has 1 aromatic rings. The maximum atomic E-state index is 13.3. The molecule has 1 unspecified atom stereocenters. The van der Waals surface area contributed by atoms with E-state index in [9.17, 15) is 9.18 Å². The summed E-state index contributed by atoms with van der Waals surface area (Å²) in [6.45, 7) is 0. The summed E-state index contributed by atoms with van der Waals surface area (Å²) in [6, 6.07) is 3.95. The Balaban J connectivity index is 3.05. The molecule has 82 valence electrons. The monoisotopic (exact) mass is 249 g/mol. The number of alkyl halides is 1. The van der Waals surface area contributed by atoms with Crippen molar-refractivity contribution in [1.29, 1.82) is 0 Å². The van der Waals surface area contributed by atoms with Crippen molar-refractivity contribution in [2.45, 2.75) is 5.38 Å². The molecule has 0 aliphatic rings. The van der Waals surface area contributed by atoms with Crippen molar-refractivity contribution >= 4 is 29.1 Å². The molecular weight excluding hydrogens is 240 g/mol. The van der Waals surface area contributed by atoms with Crippen LogP contribution in [0.25, 0.3) is 0 Å². The Morgan fingerprint density at radius 1 is 1.47 bits per heavy atom. The minimum Gasteiger partial charge on any atom is -0.347 e. The van der Waals surface area contributed by atoms with E-state index in [2.05, 4.69) is 0 Å². The minimum atomic E-state index is -1.04. The second-order valence-corrected chi connectivity index (χ2v) is 4.13. The van der Waals surface area contributed by atoms with Crippen molar-refractivity contribution in [3.05, 3.63) is 34.6 Å². The maximum Gasteiger partial charge on any atom is 0.244 e. The third-order valence-corrected chi connectivity index (χ3v) is 2.55. The van der Waals surface area contributed by atoms with E-state index < -0.39 is 11.2 Å². The molecular formula is C10H10Cl2FNO. The molecule has 0 fully saturated rings. The summed E-state index contributed by atoms with van der Waals surface area (Å²) in [4.78, 5) is 12.8. The van der Waals surface area contributed by atoms with Crippen LogP contribution < -0.4 is 0 Å². The molecule has 1 rings (SSSR count). The van der Waals surface area contributed by atoms with Crippen LogP contribution in [0.15, 0.2) is 18.2 Å². The Bertz CT molecular complexity index is 382. The van der Waals surface area contributed by atoms with Gasteiger partial charge in [0.15, 0.2) is 0 Å². The first-order valence-electron chi connectivity index (χ1n) is 4.23. The lowest BCUT2D eigenvalue weighted by Gasteiger charge is -2.15. The number of likely N-dealkylation sites (N-methyl/N-ethyl adjacent to an activating group) is 1. The van der Waals surface area contributed by atoms with Gasteiger partial charge in [-0.2, -0.15) is 0 Å². The average molecular weight is 250 g/mol. The zero-order valence-corrected chi connectivity index (χ0v) is 9.81. The Hall–Kier alpha value is -0.800. The second-order valence-electron chi connectivity index (χ2n) is 3.26. The molecule has 0 heterocycles. The van der Waals surface area contributed by atoms with Gasteiger partial charge in [-0.15, -0.1) is 11.6 Å². The van der Waals surface area contributed by atoms with Gasteiger partial charge < -0.3 is 4.90 Å². The third kappa shape index (κ3) is 2.83. The third-order valence-electron chi connectivity index (χ3n) is 1.89. The van der Waals surface area contributed by atoms with Crippen LogP contribution in [0.4, 0.5) is 4.39 Å². The van der Waals surface area contributed by atoms with Crippen LogP contribution in [0.5, 0.6) is 0 Å². The molecule has 1 atom stereocenters. The zero-order valence-electron chi connectivity index (χ0n) is 8.30. The smallest absolute Gasteiger partial charge is 0.244 e. The van der Waals surface area contributed by atoms with Crippen molar-refractivity contribution in [2.24, 2.45) is 0 Å². The van der Waals surface area contributed by atoms with Crippen molar-refractivity contribution in [2.75, 3.05) is 14.1 Å². The summed E-state index contributed by atoms with van der Waals surface area (Å²) in [6.07, 6.45) is 0. The fraction of sp³-hybridized carbons (Fsp3) is 0.300. The molecule has 1 amide bonds. The Labute approximate surface area is 97.6 Å². The van der Waals surface area contributed by atoms with Crippen LogP contribution >= 0.6 is 23.2 Å². The number of halogens is 3. The molecule has 0 radical (unpaired) electrons. The van der Waals surface area contributed by atoms with Crippen LogP contribution in [-0.2, 0) is 4.79 Å². The van der Waals surface area contributed by atoms with Crippen molar-refractivity contribution in [3.8, 4) is 0 Å². The van der Waals surface area contributed by atoms with Crippen LogP contribution in [0.1, 0.15) is 10.9 Å². The molecule has 5 heteroatoms. The van der Waals surface area contributed by atoms with E-state index in [0.717, 1.165) is 0 Å². The highest BCUT2D eigenvalue weighted by atomic mass is 35.5. The van der Waals surface area contributed by atoms with Crippen LogP contribution in [-0.4, -0.2) is 24.9 Å². The second kappa shape index (κ2) is 4.81. The summed E-state index contributed by atoms with van der Waals surface area (Å²) >= 11 is 11.5. The summed E-state index contributed by atoms with van der Waals surface area (Å²) in [5, 5.41) is -0.692. The maximum absolute atomic E-state index is 13.3. The molecule has 0 N–H and O–H groups in total. The molecule has 0 bridgehead atoms. The number of carbonyl (C=O) groups excluding carboxylic acids is 1. The van der Waals surface area contributed by atoms with E-state index in [1.165, 1.54) is 23.1 Å². The lowest BCUT2D eigenvalue weighted by atomic mass is 10.1. The Morgan fingerprint density at radius 2 is 2.07 bits per heavy atom. The number of carbonyl (C=O) groups is 1. The molecule has 0 saturated heterocycles. The largest absolute Gasteiger partial charge is 0.347 e. The quantitative estimate of drug-likeness (QED) is 0.739.